The topological polar surface area (TPSA) is 64.2 Å². The molecule has 4 nitrogen and oxygen atoms in total. The van der Waals surface area contributed by atoms with Crippen molar-refractivity contribution in [1.29, 1.82) is 0 Å². The molecule has 0 aliphatic rings. The fourth-order valence-corrected chi connectivity index (χ4v) is 1.28. The molecule has 1 aromatic carbocycles. The van der Waals surface area contributed by atoms with E-state index in [9.17, 15) is 0 Å². The van der Waals surface area contributed by atoms with Crippen molar-refractivity contribution in [2.45, 2.75) is 0 Å². The number of nitrogens with two attached hydrogens (primary N) is 1. The molecule has 0 atom stereocenters. The number of amidine groups is 1. The van der Waals surface area contributed by atoms with Crippen molar-refractivity contribution in [1.82, 2.24) is 9.97 Å². The Bertz CT molecular complexity index is 493. The van der Waals surface area contributed by atoms with Gasteiger partial charge in [-0.3, -0.25) is 4.98 Å². The van der Waals surface area contributed by atoms with Gasteiger partial charge in [0.15, 0.2) is 5.82 Å². The third kappa shape index (κ3) is 2.55. The molecule has 0 aliphatic carbocycles. The number of halogens is 1. The maximum absolute atomic E-state index is 5.82. The summed E-state index contributed by atoms with van der Waals surface area (Å²) < 4.78 is 0. The Morgan fingerprint density at radius 1 is 1.19 bits per heavy atom. The maximum atomic E-state index is 5.82. The normalized spacial score (nSPS) is 11.4. The van der Waals surface area contributed by atoms with E-state index >= 15 is 0 Å². The van der Waals surface area contributed by atoms with E-state index in [1.807, 2.05) is 0 Å². The molecule has 0 saturated carbocycles. The lowest BCUT2D eigenvalue weighted by Crippen LogP contribution is -2.12. The molecule has 0 saturated heterocycles. The van der Waals surface area contributed by atoms with Gasteiger partial charge in [-0.1, -0.05) is 11.6 Å². The Morgan fingerprint density at radius 2 is 1.94 bits per heavy atom. The van der Waals surface area contributed by atoms with Crippen LogP contribution in [0.15, 0.2) is 47.8 Å². The molecule has 2 aromatic rings. The fourth-order valence-electron chi connectivity index (χ4n) is 1.16. The quantitative estimate of drug-likeness (QED) is 0.638. The molecule has 0 aliphatic heterocycles. The van der Waals surface area contributed by atoms with Crippen LogP contribution in [0.3, 0.4) is 0 Å². The fraction of sp³-hybridized carbons (Fsp3) is 0. The number of rotatable bonds is 2. The zero-order valence-corrected chi connectivity index (χ0v) is 9.09. The minimum Gasteiger partial charge on any atom is -0.383 e. The largest absolute Gasteiger partial charge is 0.383 e. The first kappa shape index (κ1) is 10.6. The molecular formula is C11H9ClN4. The first-order chi connectivity index (χ1) is 7.75. The van der Waals surface area contributed by atoms with E-state index in [-0.39, 0.29) is 0 Å². The second-order valence-corrected chi connectivity index (χ2v) is 3.50. The molecular weight excluding hydrogens is 224 g/mol. The van der Waals surface area contributed by atoms with Crippen LogP contribution in [0.4, 0.5) is 5.82 Å². The number of benzene rings is 1. The van der Waals surface area contributed by atoms with Gasteiger partial charge in [-0.25, -0.2) is 9.98 Å². The summed E-state index contributed by atoms with van der Waals surface area (Å²) >= 11 is 5.77. The molecule has 0 fully saturated rings. The maximum Gasteiger partial charge on any atom is 0.172 e. The van der Waals surface area contributed by atoms with Crippen LogP contribution in [0, 0.1) is 0 Å². The van der Waals surface area contributed by atoms with Crippen LogP contribution in [0.2, 0.25) is 5.02 Å². The number of hydrogen-bond acceptors (Lipinski definition) is 3. The highest BCUT2D eigenvalue weighted by Gasteiger charge is 1.99. The van der Waals surface area contributed by atoms with Gasteiger partial charge < -0.3 is 5.73 Å². The van der Waals surface area contributed by atoms with Gasteiger partial charge in [0.25, 0.3) is 0 Å². The van der Waals surface area contributed by atoms with Gasteiger partial charge in [0.1, 0.15) is 5.84 Å². The van der Waals surface area contributed by atoms with E-state index in [1.165, 1.54) is 0 Å². The van der Waals surface area contributed by atoms with Crippen LogP contribution < -0.4 is 5.73 Å². The van der Waals surface area contributed by atoms with Crippen molar-refractivity contribution in [3.05, 3.63) is 53.4 Å². The summed E-state index contributed by atoms with van der Waals surface area (Å²) in [5.41, 5.74) is 6.62. The van der Waals surface area contributed by atoms with Crippen molar-refractivity contribution in [2.75, 3.05) is 0 Å². The van der Waals surface area contributed by atoms with Crippen LogP contribution in [-0.4, -0.2) is 15.8 Å². The smallest absolute Gasteiger partial charge is 0.172 e. The number of aromatic nitrogens is 2. The van der Waals surface area contributed by atoms with Gasteiger partial charge in [-0.05, 0) is 24.3 Å². The number of hydrogen-bond donors (Lipinski definition) is 1. The molecule has 0 amide bonds. The highest BCUT2D eigenvalue weighted by atomic mass is 35.5. The summed E-state index contributed by atoms with van der Waals surface area (Å²) in [6.07, 6.45) is 4.69. The minimum absolute atomic E-state index is 0.386. The second kappa shape index (κ2) is 4.72. The Morgan fingerprint density at radius 3 is 2.56 bits per heavy atom. The molecule has 80 valence electrons. The SMILES string of the molecule is NC(=Nc1cnccn1)c1ccc(Cl)cc1. The van der Waals surface area contributed by atoms with E-state index in [0.29, 0.717) is 16.7 Å². The predicted octanol–water partition coefficient (Wildman–Crippen LogP) is 2.17. The van der Waals surface area contributed by atoms with Gasteiger partial charge in [0, 0.05) is 23.0 Å². The van der Waals surface area contributed by atoms with Gasteiger partial charge in [-0.15, -0.1) is 0 Å². The summed E-state index contributed by atoms with van der Waals surface area (Å²) in [5.74, 6) is 0.868. The molecule has 5 heteroatoms. The van der Waals surface area contributed by atoms with Crippen LogP contribution in [-0.2, 0) is 0 Å². The van der Waals surface area contributed by atoms with Crippen molar-refractivity contribution in [3.8, 4) is 0 Å². The van der Waals surface area contributed by atoms with Crippen LogP contribution in [0.25, 0.3) is 0 Å². The van der Waals surface area contributed by atoms with Crippen molar-refractivity contribution >= 4 is 23.3 Å². The predicted molar refractivity (Wildman–Crippen MR) is 63.9 cm³/mol. The summed E-state index contributed by atoms with van der Waals surface area (Å²) in [5, 5.41) is 0.663. The highest BCUT2D eigenvalue weighted by molar-refractivity contribution is 6.30. The first-order valence-corrected chi connectivity index (χ1v) is 4.99. The van der Waals surface area contributed by atoms with Crippen LogP contribution in [0.1, 0.15) is 5.56 Å². The van der Waals surface area contributed by atoms with E-state index in [1.54, 1.807) is 42.9 Å². The van der Waals surface area contributed by atoms with E-state index in [4.69, 9.17) is 17.3 Å². The third-order valence-corrected chi connectivity index (χ3v) is 2.18. The Labute approximate surface area is 97.8 Å². The highest BCUT2D eigenvalue weighted by Crippen LogP contribution is 2.11. The molecule has 0 unspecified atom stereocenters. The first-order valence-electron chi connectivity index (χ1n) is 4.62. The van der Waals surface area contributed by atoms with Gasteiger partial charge >= 0.3 is 0 Å². The molecule has 0 bridgehead atoms. The zero-order valence-electron chi connectivity index (χ0n) is 8.34. The van der Waals surface area contributed by atoms with Crippen molar-refractivity contribution < 1.29 is 0 Å². The lowest BCUT2D eigenvalue weighted by molar-refractivity contribution is 1.17. The summed E-state index contributed by atoms with van der Waals surface area (Å²) in [6, 6.07) is 7.13. The van der Waals surface area contributed by atoms with Crippen LogP contribution in [0.5, 0.6) is 0 Å². The Hall–Kier alpha value is -1.94. The Kier molecular flexibility index (Phi) is 3.12. The summed E-state index contributed by atoms with van der Waals surface area (Å²) in [7, 11) is 0. The number of nitrogens with zero attached hydrogens (tertiary/aromatic N) is 3. The van der Waals surface area contributed by atoms with Gasteiger partial charge in [0.05, 0.1) is 6.20 Å². The molecule has 1 aromatic heterocycles. The van der Waals surface area contributed by atoms with Gasteiger partial charge in [-0.2, -0.15) is 0 Å². The number of aliphatic imine (C=N–C) groups is 1. The van der Waals surface area contributed by atoms with Gasteiger partial charge in [0.2, 0.25) is 0 Å². The molecule has 2 rings (SSSR count). The van der Waals surface area contributed by atoms with Crippen LogP contribution >= 0.6 is 11.6 Å². The molecule has 1 heterocycles. The van der Waals surface area contributed by atoms with E-state index < -0.39 is 0 Å². The lowest BCUT2D eigenvalue weighted by atomic mass is 10.2. The molecule has 2 N–H and O–H groups in total. The minimum atomic E-state index is 0.386. The summed E-state index contributed by atoms with van der Waals surface area (Å²) in [6.45, 7) is 0. The summed E-state index contributed by atoms with van der Waals surface area (Å²) in [4.78, 5) is 12.0. The second-order valence-electron chi connectivity index (χ2n) is 3.07. The molecule has 0 spiro atoms. The van der Waals surface area contributed by atoms with Crippen molar-refractivity contribution in [2.24, 2.45) is 10.7 Å². The monoisotopic (exact) mass is 232 g/mol. The average Bonchev–Trinajstić information content (AvgIpc) is 2.31. The molecule has 16 heavy (non-hydrogen) atoms. The third-order valence-electron chi connectivity index (χ3n) is 1.92. The zero-order chi connectivity index (χ0) is 11.4. The Balaban J connectivity index is 2.28. The standard InChI is InChI=1S/C11H9ClN4/c12-9-3-1-8(2-4-9)11(13)16-10-7-14-5-6-15-10/h1-7H,(H2,13,15,16). The lowest BCUT2D eigenvalue weighted by Gasteiger charge is -2.00. The van der Waals surface area contributed by atoms with Crippen molar-refractivity contribution in [3.63, 3.8) is 0 Å². The van der Waals surface area contributed by atoms with E-state index in [0.717, 1.165) is 5.56 Å². The average molecular weight is 233 g/mol. The van der Waals surface area contributed by atoms with E-state index in [2.05, 4.69) is 15.0 Å². The molecule has 0 radical (unpaired) electrons.